The van der Waals surface area contributed by atoms with Crippen molar-refractivity contribution in [3.8, 4) is 11.5 Å². The number of benzene rings is 1. The predicted octanol–water partition coefficient (Wildman–Crippen LogP) is 2.78. The molecule has 2 rings (SSSR count). The maximum absolute atomic E-state index is 11.7. The molecule has 0 spiro atoms. The predicted molar refractivity (Wildman–Crippen MR) is 84.5 cm³/mol. The number of amides is 1. The molecule has 0 atom stereocenters. The van der Waals surface area contributed by atoms with Gasteiger partial charge in [0.05, 0.1) is 10.7 Å². The minimum absolute atomic E-state index is 0.123. The van der Waals surface area contributed by atoms with Gasteiger partial charge in [0.2, 0.25) is 0 Å². The molecule has 0 fully saturated rings. The second kappa shape index (κ2) is 6.68. The molecule has 0 aliphatic carbocycles. The molecule has 108 valence electrons. The third-order valence-electron chi connectivity index (χ3n) is 2.46. The highest BCUT2D eigenvalue weighted by molar-refractivity contribution is 9.11. The average Bonchev–Trinajstić information content (AvgIpc) is 2.51. The summed E-state index contributed by atoms with van der Waals surface area (Å²) >= 11 is 6.19. The van der Waals surface area contributed by atoms with Gasteiger partial charge in [-0.3, -0.25) is 9.78 Å². The number of carbonyl (C=O) groups is 1. The van der Waals surface area contributed by atoms with E-state index in [2.05, 4.69) is 47.4 Å². The fourth-order valence-electron chi connectivity index (χ4n) is 1.43. The molecule has 0 aliphatic rings. The summed E-state index contributed by atoms with van der Waals surface area (Å²) in [6, 6.07) is 6.40. The van der Waals surface area contributed by atoms with Gasteiger partial charge in [0.1, 0.15) is 21.7 Å². The number of phenols is 2. The Kier molecular flexibility index (Phi) is 4.92. The van der Waals surface area contributed by atoms with Crippen molar-refractivity contribution in [3.63, 3.8) is 0 Å². The van der Waals surface area contributed by atoms with Crippen LogP contribution in [0.5, 0.6) is 11.5 Å². The zero-order chi connectivity index (χ0) is 15.4. The third-order valence-corrected chi connectivity index (χ3v) is 3.82. The number of hydrogen-bond acceptors (Lipinski definition) is 5. The van der Waals surface area contributed by atoms with Gasteiger partial charge in [-0.1, -0.05) is 6.07 Å². The van der Waals surface area contributed by atoms with Crippen molar-refractivity contribution in [2.75, 3.05) is 0 Å². The molecule has 6 nitrogen and oxygen atoms in total. The van der Waals surface area contributed by atoms with Crippen LogP contribution in [0.2, 0.25) is 0 Å². The van der Waals surface area contributed by atoms with Gasteiger partial charge >= 0.3 is 0 Å². The van der Waals surface area contributed by atoms with E-state index in [1.54, 1.807) is 18.2 Å². The lowest BCUT2D eigenvalue weighted by Crippen LogP contribution is -2.18. The number of nitrogens with one attached hydrogen (secondary N) is 1. The summed E-state index contributed by atoms with van der Waals surface area (Å²) in [6.45, 7) is 0. The molecule has 0 saturated carbocycles. The minimum Gasteiger partial charge on any atom is -0.506 e. The number of aromatic hydroxyl groups is 2. The van der Waals surface area contributed by atoms with Gasteiger partial charge in [-0.2, -0.15) is 5.10 Å². The van der Waals surface area contributed by atoms with Gasteiger partial charge in [-0.25, -0.2) is 5.43 Å². The minimum atomic E-state index is -0.469. The van der Waals surface area contributed by atoms with E-state index in [4.69, 9.17) is 0 Å². The lowest BCUT2D eigenvalue weighted by Gasteiger charge is -2.06. The number of rotatable bonds is 3. The summed E-state index contributed by atoms with van der Waals surface area (Å²) in [5.41, 5.74) is 2.83. The SMILES string of the molecule is O=C(N/N=C\c1cc(Br)c(O)c(Br)c1O)c1ccccn1. The molecule has 21 heavy (non-hydrogen) atoms. The standard InChI is InChI=1S/C13H9Br2N3O3/c14-8-5-7(11(19)10(15)12(8)20)6-17-18-13(21)9-3-1-2-4-16-9/h1-6,19-20H,(H,18,21)/b17-6-. The highest BCUT2D eigenvalue weighted by atomic mass is 79.9. The number of phenolic OH excluding ortho intramolecular Hbond substituents is 2. The molecule has 1 heterocycles. The van der Waals surface area contributed by atoms with Crippen LogP contribution in [0.25, 0.3) is 0 Å². The Labute approximate surface area is 136 Å². The van der Waals surface area contributed by atoms with Crippen LogP contribution >= 0.6 is 31.9 Å². The van der Waals surface area contributed by atoms with E-state index in [9.17, 15) is 15.0 Å². The number of aromatic nitrogens is 1. The van der Waals surface area contributed by atoms with Crippen molar-refractivity contribution in [3.05, 3.63) is 50.7 Å². The van der Waals surface area contributed by atoms with E-state index in [0.29, 0.717) is 10.0 Å². The number of nitrogens with zero attached hydrogens (tertiary/aromatic N) is 2. The van der Waals surface area contributed by atoms with E-state index in [0.717, 1.165) is 0 Å². The van der Waals surface area contributed by atoms with Gasteiger partial charge in [-0.05, 0) is 50.1 Å². The summed E-state index contributed by atoms with van der Waals surface area (Å²) in [5, 5.41) is 23.2. The van der Waals surface area contributed by atoms with Crippen molar-refractivity contribution in [1.29, 1.82) is 0 Å². The summed E-state index contributed by atoms with van der Waals surface area (Å²) in [7, 11) is 0. The highest BCUT2D eigenvalue weighted by Gasteiger charge is 2.13. The van der Waals surface area contributed by atoms with Crippen LogP contribution in [0.4, 0.5) is 0 Å². The van der Waals surface area contributed by atoms with Crippen molar-refractivity contribution < 1.29 is 15.0 Å². The van der Waals surface area contributed by atoms with Crippen LogP contribution in [0.15, 0.2) is 44.5 Å². The second-order valence-electron chi connectivity index (χ2n) is 3.87. The number of carbonyl (C=O) groups excluding carboxylic acids is 1. The van der Waals surface area contributed by atoms with Gasteiger partial charge in [0, 0.05) is 11.8 Å². The molecule has 0 aliphatic heterocycles. The summed E-state index contributed by atoms with van der Waals surface area (Å²) in [6.07, 6.45) is 2.75. The molecule has 1 aromatic heterocycles. The van der Waals surface area contributed by atoms with Crippen molar-refractivity contribution in [1.82, 2.24) is 10.4 Å². The van der Waals surface area contributed by atoms with Crippen molar-refractivity contribution in [2.24, 2.45) is 5.10 Å². The van der Waals surface area contributed by atoms with Crippen LogP contribution in [0, 0.1) is 0 Å². The molecule has 0 bridgehead atoms. The molecule has 8 heteroatoms. The van der Waals surface area contributed by atoms with Gasteiger partial charge < -0.3 is 10.2 Å². The van der Waals surface area contributed by atoms with E-state index in [1.807, 2.05) is 0 Å². The molecule has 0 unspecified atom stereocenters. The van der Waals surface area contributed by atoms with E-state index >= 15 is 0 Å². The normalized spacial score (nSPS) is 10.8. The quantitative estimate of drug-likeness (QED) is 0.531. The Morgan fingerprint density at radius 1 is 1.29 bits per heavy atom. The fourth-order valence-corrected chi connectivity index (χ4v) is 2.58. The first-order chi connectivity index (χ1) is 10.0. The van der Waals surface area contributed by atoms with Crippen LogP contribution in [0.1, 0.15) is 16.1 Å². The molecule has 0 saturated heterocycles. The van der Waals surface area contributed by atoms with Crippen molar-refractivity contribution >= 4 is 44.0 Å². The number of hydrogen-bond donors (Lipinski definition) is 3. The van der Waals surface area contributed by atoms with Crippen molar-refractivity contribution in [2.45, 2.75) is 0 Å². The Hall–Kier alpha value is -1.93. The van der Waals surface area contributed by atoms with Crippen LogP contribution < -0.4 is 5.43 Å². The monoisotopic (exact) mass is 413 g/mol. The smallest absolute Gasteiger partial charge is 0.289 e. The summed E-state index contributed by atoms with van der Waals surface area (Å²) in [4.78, 5) is 15.6. The van der Waals surface area contributed by atoms with Crippen LogP contribution in [-0.2, 0) is 0 Å². The van der Waals surface area contributed by atoms with Crippen LogP contribution in [0.3, 0.4) is 0 Å². The molecule has 1 aromatic carbocycles. The first-order valence-corrected chi connectivity index (χ1v) is 7.23. The molecule has 2 aromatic rings. The highest BCUT2D eigenvalue weighted by Crippen LogP contribution is 2.40. The number of halogens is 2. The largest absolute Gasteiger partial charge is 0.506 e. The van der Waals surface area contributed by atoms with Gasteiger partial charge in [-0.15, -0.1) is 0 Å². The molecule has 1 amide bonds. The zero-order valence-corrected chi connectivity index (χ0v) is 13.6. The lowest BCUT2D eigenvalue weighted by molar-refractivity contribution is 0.0950. The second-order valence-corrected chi connectivity index (χ2v) is 5.52. The zero-order valence-electron chi connectivity index (χ0n) is 10.4. The lowest BCUT2D eigenvalue weighted by atomic mass is 10.2. The Morgan fingerprint density at radius 3 is 2.71 bits per heavy atom. The number of hydrazone groups is 1. The summed E-state index contributed by atoms with van der Waals surface area (Å²) < 4.78 is 0.513. The molecule has 0 radical (unpaired) electrons. The van der Waals surface area contributed by atoms with Gasteiger partial charge in [0.25, 0.3) is 5.91 Å². The van der Waals surface area contributed by atoms with E-state index < -0.39 is 5.91 Å². The molecular formula is C13H9Br2N3O3. The van der Waals surface area contributed by atoms with E-state index in [1.165, 1.54) is 18.5 Å². The topological polar surface area (TPSA) is 94.8 Å². The molecule has 3 N–H and O–H groups in total. The first-order valence-electron chi connectivity index (χ1n) is 5.65. The molecular weight excluding hydrogens is 406 g/mol. The average molecular weight is 415 g/mol. The van der Waals surface area contributed by atoms with Crippen LogP contribution in [-0.4, -0.2) is 27.3 Å². The fraction of sp³-hybridized carbons (Fsp3) is 0. The third kappa shape index (κ3) is 3.59. The first kappa shape index (κ1) is 15.5. The van der Waals surface area contributed by atoms with Gasteiger partial charge in [0.15, 0.2) is 0 Å². The van der Waals surface area contributed by atoms with E-state index in [-0.39, 0.29) is 21.7 Å². The maximum atomic E-state index is 11.7. The summed E-state index contributed by atoms with van der Waals surface area (Å²) in [5.74, 6) is -0.781. The number of pyridine rings is 1. The Balaban J connectivity index is 2.14. The Morgan fingerprint density at radius 2 is 2.05 bits per heavy atom. The Bertz CT molecular complexity index is 706. The maximum Gasteiger partial charge on any atom is 0.289 e.